The molecule has 0 aromatic carbocycles. The fourth-order valence-corrected chi connectivity index (χ4v) is 3.26. The minimum atomic E-state index is -0.770. The molecule has 0 heterocycles. The lowest BCUT2D eigenvalue weighted by Crippen LogP contribution is -1.99. The van der Waals surface area contributed by atoms with E-state index in [1.165, 1.54) is 83.5 Å². The molecule has 0 radical (unpaired) electrons. The van der Waals surface area contributed by atoms with Crippen LogP contribution in [0, 0.1) is 5.92 Å². The summed E-state index contributed by atoms with van der Waals surface area (Å²) in [6.07, 6.45) is 20.1. The molecule has 0 aromatic rings. The molecular formula is C23H44O2. The van der Waals surface area contributed by atoms with E-state index in [0.29, 0.717) is 5.57 Å². The summed E-state index contributed by atoms with van der Waals surface area (Å²) in [7, 11) is 0. The average molecular weight is 353 g/mol. The van der Waals surface area contributed by atoms with Gasteiger partial charge in [0, 0.05) is 5.57 Å². The van der Waals surface area contributed by atoms with E-state index in [4.69, 9.17) is 5.11 Å². The van der Waals surface area contributed by atoms with Crippen LogP contribution in [0.2, 0.25) is 0 Å². The zero-order chi connectivity index (χ0) is 18.9. The van der Waals surface area contributed by atoms with Crippen molar-refractivity contribution in [2.45, 2.75) is 124 Å². The van der Waals surface area contributed by atoms with Gasteiger partial charge in [0.1, 0.15) is 0 Å². The van der Waals surface area contributed by atoms with E-state index in [9.17, 15) is 4.79 Å². The monoisotopic (exact) mass is 352 g/mol. The predicted octanol–water partition coefficient (Wildman–Crippen LogP) is 7.91. The van der Waals surface area contributed by atoms with Gasteiger partial charge in [0.25, 0.3) is 0 Å². The summed E-state index contributed by atoms with van der Waals surface area (Å²) in [6, 6.07) is 0. The van der Waals surface area contributed by atoms with E-state index in [0.717, 1.165) is 24.3 Å². The number of carboxylic acid groups (broad SMARTS) is 1. The van der Waals surface area contributed by atoms with Crippen molar-refractivity contribution in [2.24, 2.45) is 5.92 Å². The number of hydrogen-bond donors (Lipinski definition) is 1. The van der Waals surface area contributed by atoms with Crippen LogP contribution >= 0.6 is 0 Å². The molecule has 0 unspecified atom stereocenters. The lowest BCUT2D eigenvalue weighted by atomic mass is 10.0. The Morgan fingerprint density at radius 2 is 1.04 bits per heavy atom. The predicted molar refractivity (Wildman–Crippen MR) is 110 cm³/mol. The third kappa shape index (κ3) is 16.4. The molecule has 0 aliphatic rings. The van der Waals surface area contributed by atoms with Crippen LogP contribution in [-0.2, 0) is 4.79 Å². The van der Waals surface area contributed by atoms with Gasteiger partial charge in [0.2, 0.25) is 0 Å². The van der Waals surface area contributed by atoms with Gasteiger partial charge in [-0.3, -0.25) is 0 Å². The lowest BCUT2D eigenvalue weighted by molar-refractivity contribution is -0.132. The van der Waals surface area contributed by atoms with E-state index in [2.05, 4.69) is 13.8 Å². The highest BCUT2D eigenvalue weighted by Crippen LogP contribution is 2.16. The number of carboxylic acids is 1. The second kappa shape index (κ2) is 16.7. The van der Waals surface area contributed by atoms with Crippen molar-refractivity contribution in [1.29, 1.82) is 0 Å². The van der Waals surface area contributed by atoms with Gasteiger partial charge in [0.15, 0.2) is 0 Å². The van der Waals surface area contributed by atoms with Crippen LogP contribution in [0.15, 0.2) is 11.1 Å². The molecule has 0 fully saturated rings. The number of carbonyl (C=O) groups is 1. The first-order valence-corrected chi connectivity index (χ1v) is 10.8. The smallest absolute Gasteiger partial charge is 0.331 e. The summed E-state index contributed by atoms with van der Waals surface area (Å²) < 4.78 is 0. The molecule has 0 aliphatic carbocycles. The lowest BCUT2D eigenvalue weighted by Gasteiger charge is -2.05. The maximum Gasteiger partial charge on any atom is 0.331 e. The Balaban J connectivity index is 3.24. The largest absolute Gasteiger partial charge is 0.478 e. The molecule has 25 heavy (non-hydrogen) atoms. The first-order valence-electron chi connectivity index (χ1n) is 10.8. The molecule has 0 spiro atoms. The van der Waals surface area contributed by atoms with Gasteiger partial charge in [-0.1, -0.05) is 103 Å². The fraction of sp³-hybridized carbons (Fsp3) is 0.870. The van der Waals surface area contributed by atoms with Crippen LogP contribution in [0.1, 0.15) is 124 Å². The van der Waals surface area contributed by atoms with Crippen molar-refractivity contribution in [3.8, 4) is 0 Å². The normalized spacial score (nSPS) is 12.5. The van der Waals surface area contributed by atoms with Crippen molar-refractivity contribution in [1.82, 2.24) is 0 Å². The number of rotatable bonds is 17. The first-order chi connectivity index (χ1) is 11.9. The van der Waals surface area contributed by atoms with Crippen molar-refractivity contribution in [3.05, 3.63) is 11.1 Å². The topological polar surface area (TPSA) is 37.3 Å². The molecule has 0 aliphatic heterocycles. The van der Waals surface area contributed by atoms with Gasteiger partial charge >= 0.3 is 5.97 Å². The standard InChI is InChI=1S/C23H44O2/c1-20(2)18-16-14-12-10-8-6-5-7-9-11-13-15-17-19-21(3)22(4)23(24)25/h20H,5-19H2,1-4H3,(H,24,25). The van der Waals surface area contributed by atoms with E-state index in [-0.39, 0.29) is 0 Å². The molecule has 2 heteroatoms. The highest BCUT2D eigenvalue weighted by molar-refractivity contribution is 5.86. The van der Waals surface area contributed by atoms with Crippen LogP contribution in [0.4, 0.5) is 0 Å². The van der Waals surface area contributed by atoms with Crippen LogP contribution in [0.5, 0.6) is 0 Å². The zero-order valence-electron chi connectivity index (χ0n) is 17.5. The van der Waals surface area contributed by atoms with E-state index >= 15 is 0 Å². The second-order valence-electron chi connectivity index (χ2n) is 8.24. The molecular weight excluding hydrogens is 308 g/mol. The minimum absolute atomic E-state index is 0.528. The van der Waals surface area contributed by atoms with Crippen molar-refractivity contribution < 1.29 is 9.90 Å². The van der Waals surface area contributed by atoms with Crippen LogP contribution in [0.25, 0.3) is 0 Å². The van der Waals surface area contributed by atoms with Gasteiger partial charge < -0.3 is 5.11 Å². The van der Waals surface area contributed by atoms with Gasteiger partial charge in [-0.2, -0.15) is 0 Å². The Labute approximate surface area is 157 Å². The molecule has 148 valence electrons. The molecule has 1 N–H and O–H groups in total. The average Bonchev–Trinajstić information content (AvgIpc) is 2.56. The van der Waals surface area contributed by atoms with Crippen molar-refractivity contribution in [3.63, 3.8) is 0 Å². The molecule has 0 saturated heterocycles. The third-order valence-corrected chi connectivity index (χ3v) is 5.29. The van der Waals surface area contributed by atoms with E-state index < -0.39 is 5.97 Å². The van der Waals surface area contributed by atoms with E-state index in [1.54, 1.807) is 6.92 Å². The first kappa shape index (κ1) is 24.2. The Kier molecular flexibility index (Phi) is 16.1. The minimum Gasteiger partial charge on any atom is -0.478 e. The highest BCUT2D eigenvalue weighted by Gasteiger charge is 2.04. The molecule has 0 atom stereocenters. The molecule has 0 aromatic heterocycles. The molecule has 0 rings (SSSR count). The van der Waals surface area contributed by atoms with Crippen LogP contribution in [-0.4, -0.2) is 11.1 Å². The number of unbranched alkanes of at least 4 members (excludes halogenated alkanes) is 12. The van der Waals surface area contributed by atoms with Crippen molar-refractivity contribution in [2.75, 3.05) is 0 Å². The van der Waals surface area contributed by atoms with Crippen molar-refractivity contribution >= 4 is 5.97 Å². The summed E-state index contributed by atoms with van der Waals surface area (Å²) in [6.45, 7) is 8.30. The van der Waals surface area contributed by atoms with E-state index in [1.807, 2.05) is 6.92 Å². The van der Waals surface area contributed by atoms with Crippen LogP contribution in [0.3, 0.4) is 0 Å². The summed E-state index contributed by atoms with van der Waals surface area (Å²) in [5, 5.41) is 8.93. The van der Waals surface area contributed by atoms with Gasteiger partial charge in [-0.15, -0.1) is 0 Å². The summed E-state index contributed by atoms with van der Waals surface area (Å²) >= 11 is 0. The van der Waals surface area contributed by atoms with Gasteiger partial charge in [-0.25, -0.2) is 4.79 Å². The quantitative estimate of drug-likeness (QED) is 0.213. The summed E-state index contributed by atoms with van der Waals surface area (Å²) in [5.41, 5.74) is 1.57. The Morgan fingerprint density at radius 3 is 1.40 bits per heavy atom. The Bertz CT molecular complexity index is 355. The maximum atomic E-state index is 10.9. The fourth-order valence-electron chi connectivity index (χ4n) is 3.26. The van der Waals surface area contributed by atoms with Gasteiger partial charge in [-0.05, 0) is 32.6 Å². The highest BCUT2D eigenvalue weighted by atomic mass is 16.4. The molecule has 0 bridgehead atoms. The Hall–Kier alpha value is -0.790. The molecule has 2 nitrogen and oxygen atoms in total. The maximum absolute atomic E-state index is 10.9. The number of hydrogen-bond acceptors (Lipinski definition) is 1. The van der Waals surface area contributed by atoms with Gasteiger partial charge in [0.05, 0.1) is 0 Å². The second-order valence-corrected chi connectivity index (χ2v) is 8.24. The number of allylic oxidation sites excluding steroid dienone is 1. The van der Waals surface area contributed by atoms with Crippen LogP contribution < -0.4 is 0 Å². The number of aliphatic carboxylic acids is 1. The molecule has 0 amide bonds. The summed E-state index contributed by atoms with van der Waals surface area (Å²) in [5.74, 6) is 0.0994. The zero-order valence-corrected chi connectivity index (χ0v) is 17.5. The SMILES string of the molecule is CC(CCCCCCCCCCCCCCCC(C)C)=C(C)C(=O)O. The Morgan fingerprint density at radius 1 is 0.680 bits per heavy atom. The summed E-state index contributed by atoms with van der Waals surface area (Å²) in [4.78, 5) is 10.9. The molecule has 0 saturated carbocycles. The third-order valence-electron chi connectivity index (χ3n) is 5.29.